The molecule has 7 heteroatoms. The second kappa shape index (κ2) is 5.43. The molecule has 1 aliphatic rings. The molecule has 2 aromatic rings. The molecule has 2 heterocycles. The van der Waals surface area contributed by atoms with E-state index in [0.717, 1.165) is 11.3 Å². The Morgan fingerprint density at radius 1 is 1.19 bits per heavy atom. The first-order valence-electron chi connectivity index (χ1n) is 6.78. The minimum absolute atomic E-state index is 0.224. The second-order valence-corrected chi connectivity index (χ2v) is 5.07. The number of fused-ring (bicyclic) bond motifs is 1. The minimum Gasteiger partial charge on any atom is -0.491 e. The summed E-state index contributed by atoms with van der Waals surface area (Å²) in [5.74, 6) is 2.26. The maximum absolute atomic E-state index is 5.79. The number of hydrogen-bond donors (Lipinski definition) is 1. The zero-order valence-electron chi connectivity index (χ0n) is 12.2. The first-order valence-corrected chi connectivity index (χ1v) is 6.78. The summed E-state index contributed by atoms with van der Waals surface area (Å²) in [7, 11) is 3.75. The summed E-state index contributed by atoms with van der Waals surface area (Å²) in [5.41, 5.74) is 6.90. The molecule has 1 aromatic carbocycles. The van der Waals surface area contributed by atoms with Crippen molar-refractivity contribution in [3.05, 3.63) is 29.8 Å². The third kappa shape index (κ3) is 2.81. The predicted octanol–water partition coefficient (Wildman–Crippen LogP) is 0.919. The number of benzene rings is 1. The first-order chi connectivity index (χ1) is 10.1. The van der Waals surface area contributed by atoms with E-state index in [9.17, 15) is 0 Å². The number of hydrogen-bond acceptors (Lipinski definition) is 7. The van der Waals surface area contributed by atoms with Crippen LogP contribution in [0.4, 0.5) is 17.8 Å². The smallest absolute Gasteiger partial charge is 0.232 e. The lowest BCUT2D eigenvalue weighted by molar-refractivity contribution is 0.331. The molecule has 0 saturated carbocycles. The molecule has 2 N–H and O–H groups in total. The van der Waals surface area contributed by atoms with Crippen molar-refractivity contribution in [2.45, 2.75) is 6.54 Å². The summed E-state index contributed by atoms with van der Waals surface area (Å²) < 4.78 is 5.75. The Balaban J connectivity index is 1.94. The quantitative estimate of drug-likeness (QED) is 0.879. The molecule has 110 valence electrons. The lowest BCUT2D eigenvalue weighted by Crippen LogP contribution is -2.28. The predicted molar refractivity (Wildman–Crippen MR) is 81.6 cm³/mol. The highest BCUT2D eigenvalue weighted by atomic mass is 16.5. The number of para-hydroxylation sites is 1. The average Bonchev–Trinajstić information content (AvgIpc) is 2.68. The molecule has 0 bridgehead atoms. The zero-order chi connectivity index (χ0) is 14.8. The van der Waals surface area contributed by atoms with E-state index in [0.29, 0.717) is 31.6 Å². The van der Waals surface area contributed by atoms with Crippen LogP contribution in [-0.4, -0.2) is 42.2 Å². The molecule has 1 aliphatic heterocycles. The maximum atomic E-state index is 5.79. The molecular formula is C14H18N6O. The highest BCUT2D eigenvalue weighted by molar-refractivity contribution is 5.45. The van der Waals surface area contributed by atoms with Gasteiger partial charge in [-0.2, -0.15) is 15.0 Å². The second-order valence-electron chi connectivity index (χ2n) is 5.07. The first kappa shape index (κ1) is 13.4. The fourth-order valence-electron chi connectivity index (χ4n) is 2.21. The molecule has 0 amide bonds. The maximum Gasteiger partial charge on any atom is 0.232 e. The Morgan fingerprint density at radius 2 is 2.00 bits per heavy atom. The van der Waals surface area contributed by atoms with Crippen molar-refractivity contribution < 1.29 is 4.74 Å². The number of rotatable bonds is 2. The Kier molecular flexibility index (Phi) is 3.47. The molecule has 0 fully saturated rings. The lowest BCUT2D eigenvalue weighted by atomic mass is 10.2. The molecule has 21 heavy (non-hydrogen) atoms. The summed E-state index contributed by atoms with van der Waals surface area (Å²) in [5, 5.41) is 0. The number of nitrogens with zero attached hydrogens (tertiary/aromatic N) is 5. The van der Waals surface area contributed by atoms with Gasteiger partial charge in [-0.25, -0.2) is 0 Å². The van der Waals surface area contributed by atoms with Gasteiger partial charge in [0.15, 0.2) is 0 Å². The Bertz CT molecular complexity index is 645. The van der Waals surface area contributed by atoms with E-state index in [4.69, 9.17) is 10.5 Å². The monoisotopic (exact) mass is 286 g/mol. The topological polar surface area (TPSA) is 80.4 Å². The molecule has 0 saturated heterocycles. The van der Waals surface area contributed by atoms with Crippen LogP contribution in [-0.2, 0) is 6.54 Å². The molecule has 0 spiro atoms. The van der Waals surface area contributed by atoms with Gasteiger partial charge in [0.25, 0.3) is 0 Å². The molecule has 0 radical (unpaired) electrons. The Labute approximate surface area is 123 Å². The molecule has 0 unspecified atom stereocenters. The molecule has 1 aromatic heterocycles. The lowest BCUT2D eigenvalue weighted by Gasteiger charge is -2.21. The van der Waals surface area contributed by atoms with Crippen molar-refractivity contribution in [1.29, 1.82) is 0 Å². The largest absolute Gasteiger partial charge is 0.491 e. The normalized spacial score (nSPS) is 14.1. The van der Waals surface area contributed by atoms with Gasteiger partial charge in [0.2, 0.25) is 17.8 Å². The van der Waals surface area contributed by atoms with Gasteiger partial charge in [0.1, 0.15) is 12.4 Å². The highest BCUT2D eigenvalue weighted by Crippen LogP contribution is 2.25. The van der Waals surface area contributed by atoms with Crippen molar-refractivity contribution in [2.24, 2.45) is 0 Å². The van der Waals surface area contributed by atoms with Crippen molar-refractivity contribution in [3.8, 4) is 5.75 Å². The van der Waals surface area contributed by atoms with E-state index < -0.39 is 0 Å². The number of aromatic nitrogens is 3. The molecule has 0 aliphatic carbocycles. The van der Waals surface area contributed by atoms with Crippen LogP contribution in [0.3, 0.4) is 0 Å². The van der Waals surface area contributed by atoms with Gasteiger partial charge in [-0.05, 0) is 6.07 Å². The number of nitrogens with two attached hydrogens (primary N) is 1. The average molecular weight is 286 g/mol. The summed E-state index contributed by atoms with van der Waals surface area (Å²) in [4.78, 5) is 16.7. The fraction of sp³-hybridized carbons (Fsp3) is 0.357. The third-order valence-electron chi connectivity index (χ3n) is 3.26. The number of anilines is 3. The van der Waals surface area contributed by atoms with E-state index in [1.54, 1.807) is 0 Å². The van der Waals surface area contributed by atoms with Crippen LogP contribution in [0, 0.1) is 0 Å². The van der Waals surface area contributed by atoms with Gasteiger partial charge in [-0.15, -0.1) is 0 Å². The van der Waals surface area contributed by atoms with E-state index in [1.165, 1.54) is 0 Å². The van der Waals surface area contributed by atoms with E-state index in [-0.39, 0.29) is 5.95 Å². The highest BCUT2D eigenvalue weighted by Gasteiger charge is 2.19. The van der Waals surface area contributed by atoms with Crippen LogP contribution in [0.2, 0.25) is 0 Å². The van der Waals surface area contributed by atoms with Gasteiger partial charge in [-0.1, -0.05) is 18.2 Å². The number of ether oxygens (including phenoxy) is 1. The standard InChI is InChI=1S/C14H18N6O/c1-19(2)13-16-12(15)17-14(18-13)20-7-8-21-11-6-4-3-5-10(11)9-20/h3-6H,7-9H2,1-2H3,(H2,15,16,17,18). The van der Waals surface area contributed by atoms with Gasteiger partial charge in [0.05, 0.1) is 6.54 Å². The van der Waals surface area contributed by atoms with Gasteiger partial charge < -0.3 is 20.3 Å². The molecule has 3 rings (SSSR count). The van der Waals surface area contributed by atoms with E-state index in [1.807, 2.05) is 43.3 Å². The van der Waals surface area contributed by atoms with Gasteiger partial charge >= 0.3 is 0 Å². The summed E-state index contributed by atoms with van der Waals surface area (Å²) >= 11 is 0. The van der Waals surface area contributed by atoms with Crippen LogP contribution < -0.4 is 20.3 Å². The fourth-order valence-corrected chi connectivity index (χ4v) is 2.21. The molecule has 7 nitrogen and oxygen atoms in total. The van der Waals surface area contributed by atoms with Crippen molar-refractivity contribution in [1.82, 2.24) is 15.0 Å². The van der Waals surface area contributed by atoms with Gasteiger partial charge in [-0.3, -0.25) is 0 Å². The van der Waals surface area contributed by atoms with Gasteiger partial charge in [0, 0.05) is 26.2 Å². The van der Waals surface area contributed by atoms with Crippen LogP contribution >= 0.6 is 0 Å². The van der Waals surface area contributed by atoms with E-state index in [2.05, 4.69) is 19.9 Å². The summed E-state index contributed by atoms with van der Waals surface area (Å²) in [6.45, 7) is 1.97. The van der Waals surface area contributed by atoms with Crippen molar-refractivity contribution in [2.75, 3.05) is 42.8 Å². The van der Waals surface area contributed by atoms with Crippen molar-refractivity contribution >= 4 is 17.8 Å². The number of nitrogen functional groups attached to an aromatic ring is 1. The van der Waals surface area contributed by atoms with Crippen LogP contribution in [0.1, 0.15) is 5.56 Å². The summed E-state index contributed by atoms with van der Waals surface area (Å²) in [6.07, 6.45) is 0. The van der Waals surface area contributed by atoms with Crippen LogP contribution in [0.5, 0.6) is 5.75 Å². The molecular weight excluding hydrogens is 268 g/mol. The Morgan fingerprint density at radius 3 is 2.81 bits per heavy atom. The molecule has 0 atom stereocenters. The van der Waals surface area contributed by atoms with E-state index >= 15 is 0 Å². The van der Waals surface area contributed by atoms with Crippen LogP contribution in [0.15, 0.2) is 24.3 Å². The Hall–Kier alpha value is -2.57. The zero-order valence-corrected chi connectivity index (χ0v) is 12.2. The third-order valence-corrected chi connectivity index (χ3v) is 3.26. The van der Waals surface area contributed by atoms with Crippen molar-refractivity contribution in [3.63, 3.8) is 0 Å². The summed E-state index contributed by atoms with van der Waals surface area (Å²) in [6, 6.07) is 8.00. The minimum atomic E-state index is 0.224. The SMILES string of the molecule is CN(C)c1nc(N)nc(N2CCOc3ccccc3C2)n1. The van der Waals surface area contributed by atoms with Crippen LogP contribution in [0.25, 0.3) is 0 Å².